The first-order valence-electron chi connectivity index (χ1n) is 15.9. The summed E-state index contributed by atoms with van der Waals surface area (Å²) in [5.74, 6) is -5.18. The summed E-state index contributed by atoms with van der Waals surface area (Å²) >= 11 is 0. The minimum Gasteiger partial charge on any atom is -0.472 e. The van der Waals surface area contributed by atoms with Crippen LogP contribution in [0.5, 0.6) is 0 Å². The lowest BCUT2D eigenvalue weighted by molar-refractivity contribution is -0.355. The van der Waals surface area contributed by atoms with E-state index < -0.39 is 94.9 Å². The molecule has 3 heterocycles. The third-order valence-electron chi connectivity index (χ3n) is 10.1. The normalized spacial score (nSPS) is 33.9. The van der Waals surface area contributed by atoms with Gasteiger partial charge in [0.05, 0.1) is 40.8 Å². The quantitative estimate of drug-likeness (QED) is 0.283. The molecule has 14 nitrogen and oxygen atoms in total. The lowest BCUT2D eigenvalue weighted by Crippen LogP contribution is -2.83. The molecule has 5 rings (SSSR count). The molecule has 9 atom stereocenters. The smallest absolute Gasteiger partial charge is 0.341 e. The third kappa shape index (κ3) is 5.68. The van der Waals surface area contributed by atoms with Crippen molar-refractivity contribution in [3.63, 3.8) is 0 Å². The molecule has 0 amide bonds. The molecule has 0 radical (unpaired) electrons. The van der Waals surface area contributed by atoms with Gasteiger partial charge in [-0.3, -0.25) is 14.4 Å². The van der Waals surface area contributed by atoms with Crippen molar-refractivity contribution >= 4 is 29.8 Å². The summed E-state index contributed by atoms with van der Waals surface area (Å²) in [6, 6.07) is 2.77. The van der Waals surface area contributed by atoms with Gasteiger partial charge in [0, 0.05) is 26.2 Å². The number of esters is 5. The summed E-state index contributed by atoms with van der Waals surface area (Å²) in [5.41, 5.74) is -7.21. The summed E-state index contributed by atoms with van der Waals surface area (Å²) in [6.45, 7) is 10.0. The van der Waals surface area contributed by atoms with Crippen LogP contribution in [0.3, 0.4) is 0 Å². The molecule has 2 aliphatic carbocycles. The third-order valence-corrected chi connectivity index (χ3v) is 10.1. The standard InChI is InChI=1S/C34H42O14/c1-8-18(2)28(37)47-27-24(45-29(38)21-9-11-41-15-21)14-32(7,40)34-26(44-20(4)36)23(31(5,6)48-34)13-25(33(27,34)17-43-19(3)35)46-30(39)22-10-12-42-16-22/h9-12,15-16,18,23-27,40H,8,13-14,17H2,1-7H3/t18?,23-,24+,25+,26-,27+,32+,33-,34+/m1/s1. The molecule has 14 heteroatoms. The number of aliphatic hydroxyl groups is 1. The van der Waals surface area contributed by atoms with E-state index in [1.807, 2.05) is 0 Å². The Morgan fingerprint density at radius 2 is 1.50 bits per heavy atom. The van der Waals surface area contributed by atoms with Crippen molar-refractivity contribution in [3.8, 4) is 0 Å². The van der Waals surface area contributed by atoms with Crippen molar-refractivity contribution in [2.45, 2.75) is 109 Å². The van der Waals surface area contributed by atoms with Gasteiger partial charge in [0.25, 0.3) is 0 Å². The van der Waals surface area contributed by atoms with Crippen LogP contribution in [0.15, 0.2) is 46.0 Å². The highest BCUT2D eigenvalue weighted by Gasteiger charge is 2.86. The van der Waals surface area contributed by atoms with E-state index in [4.69, 9.17) is 37.3 Å². The van der Waals surface area contributed by atoms with Crippen LogP contribution in [0, 0.1) is 17.3 Å². The molecule has 2 saturated carbocycles. The molecule has 1 aliphatic heterocycles. The van der Waals surface area contributed by atoms with Crippen molar-refractivity contribution in [2.75, 3.05) is 6.61 Å². The topological polar surface area (TPSA) is 187 Å². The van der Waals surface area contributed by atoms with Crippen LogP contribution in [-0.2, 0) is 42.8 Å². The molecule has 0 aromatic carbocycles. The fourth-order valence-corrected chi connectivity index (χ4v) is 7.80. The minimum atomic E-state index is -2.07. The monoisotopic (exact) mass is 674 g/mol. The minimum absolute atomic E-state index is 0.0404. The first-order valence-corrected chi connectivity index (χ1v) is 15.9. The molecular weight excluding hydrogens is 632 g/mol. The van der Waals surface area contributed by atoms with Crippen LogP contribution in [0.25, 0.3) is 0 Å². The van der Waals surface area contributed by atoms with E-state index in [1.54, 1.807) is 27.7 Å². The molecule has 48 heavy (non-hydrogen) atoms. The van der Waals surface area contributed by atoms with Crippen LogP contribution in [-0.4, -0.2) is 82.8 Å². The van der Waals surface area contributed by atoms with Gasteiger partial charge in [0.2, 0.25) is 0 Å². The maximum Gasteiger partial charge on any atom is 0.341 e. The molecule has 2 bridgehead atoms. The van der Waals surface area contributed by atoms with Crippen molar-refractivity contribution in [1.29, 1.82) is 0 Å². The molecule has 1 N–H and O–H groups in total. The van der Waals surface area contributed by atoms with Gasteiger partial charge in [-0.2, -0.15) is 0 Å². The lowest BCUT2D eigenvalue weighted by atomic mass is 9.46. The lowest BCUT2D eigenvalue weighted by Gasteiger charge is -2.65. The average Bonchev–Trinajstić information content (AvgIpc) is 3.76. The average molecular weight is 675 g/mol. The SMILES string of the molecule is CCC(C)C(=O)O[C@H]1[C@@H](OC(=O)c2ccoc2)C[C@](C)(O)[C@]23OC(C)(C)[C@H](C[C@H](OC(=O)c4ccoc4)[C@]12COC(C)=O)[C@H]3OC(C)=O. The highest BCUT2D eigenvalue weighted by atomic mass is 16.6. The number of ether oxygens (including phenoxy) is 6. The van der Waals surface area contributed by atoms with Crippen LogP contribution in [0.2, 0.25) is 0 Å². The van der Waals surface area contributed by atoms with E-state index in [0.29, 0.717) is 6.42 Å². The first kappa shape index (κ1) is 35.1. The van der Waals surface area contributed by atoms with Gasteiger partial charge in [-0.15, -0.1) is 0 Å². The van der Waals surface area contributed by atoms with Gasteiger partial charge in [0.15, 0.2) is 11.7 Å². The molecule has 1 spiro atoms. The molecular formula is C34H42O14. The predicted octanol–water partition coefficient (Wildman–Crippen LogP) is 3.78. The Kier molecular flexibility index (Phi) is 9.30. The van der Waals surface area contributed by atoms with E-state index in [0.717, 1.165) is 6.92 Å². The second kappa shape index (κ2) is 12.7. The van der Waals surface area contributed by atoms with Crippen LogP contribution in [0.4, 0.5) is 0 Å². The number of fused-ring (bicyclic) bond motifs is 1. The van der Waals surface area contributed by atoms with Gasteiger partial charge in [-0.1, -0.05) is 13.8 Å². The van der Waals surface area contributed by atoms with E-state index >= 15 is 0 Å². The maximum atomic E-state index is 13.7. The van der Waals surface area contributed by atoms with E-state index in [-0.39, 0.29) is 24.0 Å². The second-order valence-corrected chi connectivity index (χ2v) is 13.6. The number of rotatable bonds is 10. The Morgan fingerprint density at radius 1 is 0.896 bits per heavy atom. The Bertz CT molecular complexity index is 1520. The fourth-order valence-electron chi connectivity index (χ4n) is 7.80. The van der Waals surface area contributed by atoms with Crippen LogP contribution in [0.1, 0.15) is 88.4 Å². The first-order chi connectivity index (χ1) is 22.5. The van der Waals surface area contributed by atoms with Gasteiger partial charge < -0.3 is 42.4 Å². The van der Waals surface area contributed by atoms with Gasteiger partial charge >= 0.3 is 29.8 Å². The zero-order chi connectivity index (χ0) is 35.2. The Hall–Kier alpha value is -4.17. The number of hydrogen-bond acceptors (Lipinski definition) is 14. The highest BCUT2D eigenvalue weighted by molar-refractivity contribution is 5.89. The summed E-state index contributed by atoms with van der Waals surface area (Å²) in [5, 5.41) is 12.7. The van der Waals surface area contributed by atoms with E-state index in [9.17, 15) is 29.1 Å². The molecule has 2 aromatic rings. The number of furan rings is 2. The Morgan fingerprint density at radius 3 is 2.02 bits per heavy atom. The largest absolute Gasteiger partial charge is 0.472 e. The van der Waals surface area contributed by atoms with Crippen LogP contribution >= 0.6 is 0 Å². The van der Waals surface area contributed by atoms with Gasteiger partial charge in [0.1, 0.15) is 42.9 Å². The fraction of sp³-hybridized carbons (Fsp3) is 0.618. The van der Waals surface area contributed by atoms with Crippen molar-refractivity contribution in [1.82, 2.24) is 0 Å². The zero-order valence-electron chi connectivity index (χ0n) is 28.0. The summed E-state index contributed by atoms with van der Waals surface area (Å²) in [6.07, 6.45) is -0.729. The Labute approximate surface area is 277 Å². The van der Waals surface area contributed by atoms with E-state index in [1.165, 1.54) is 51.0 Å². The number of carbonyl (C=O) groups excluding carboxylic acids is 5. The Balaban J connectivity index is 1.80. The van der Waals surface area contributed by atoms with Crippen molar-refractivity contribution < 1.29 is 66.3 Å². The number of hydrogen-bond donors (Lipinski definition) is 1. The highest BCUT2D eigenvalue weighted by Crippen LogP contribution is 2.69. The van der Waals surface area contributed by atoms with E-state index in [2.05, 4.69) is 0 Å². The molecule has 2 aromatic heterocycles. The molecule has 262 valence electrons. The maximum absolute atomic E-state index is 13.7. The molecule has 3 fully saturated rings. The van der Waals surface area contributed by atoms with Gasteiger partial charge in [-0.05, 0) is 45.7 Å². The van der Waals surface area contributed by atoms with Crippen LogP contribution < -0.4 is 0 Å². The summed E-state index contributed by atoms with van der Waals surface area (Å²) in [4.78, 5) is 66.1. The van der Waals surface area contributed by atoms with Crippen molar-refractivity contribution in [3.05, 3.63) is 48.3 Å². The predicted molar refractivity (Wildman–Crippen MR) is 161 cm³/mol. The molecule has 1 saturated heterocycles. The van der Waals surface area contributed by atoms with Gasteiger partial charge in [-0.25, -0.2) is 9.59 Å². The summed E-state index contributed by atoms with van der Waals surface area (Å²) < 4.78 is 47.2. The molecule has 1 unspecified atom stereocenters. The summed E-state index contributed by atoms with van der Waals surface area (Å²) in [7, 11) is 0. The van der Waals surface area contributed by atoms with Crippen molar-refractivity contribution in [2.24, 2.45) is 17.3 Å². The second-order valence-electron chi connectivity index (χ2n) is 13.6. The number of carbonyl (C=O) groups is 5. The molecule has 3 aliphatic rings. The zero-order valence-corrected chi connectivity index (χ0v) is 28.0.